The van der Waals surface area contributed by atoms with E-state index in [-0.39, 0.29) is 6.04 Å². The molecule has 0 aliphatic carbocycles. The van der Waals surface area contributed by atoms with Crippen LogP contribution in [0.2, 0.25) is 0 Å². The third-order valence-corrected chi connectivity index (χ3v) is 6.12. The molecule has 3 heteroatoms. The number of pyridine rings is 1. The monoisotopic (exact) mass is 436 g/mol. The summed E-state index contributed by atoms with van der Waals surface area (Å²) in [4.78, 5) is 4.20. The Balaban J connectivity index is 1.73. The smallest absolute Gasteiger partial charge is 0.0950 e. The van der Waals surface area contributed by atoms with Crippen LogP contribution in [-0.2, 0) is 16.9 Å². The zero-order chi connectivity index (χ0) is 22.9. The zero-order valence-electron chi connectivity index (χ0n) is 19.4. The number of hydrogen-bond acceptors (Lipinski definition) is 3. The molecule has 0 amide bonds. The van der Waals surface area contributed by atoms with Gasteiger partial charge in [-0.2, -0.15) is 0 Å². The number of benzene rings is 3. The van der Waals surface area contributed by atoms with Crippen LogP contribution >= 0.6 is 0 Å². The summed E-state index contributed by atoms with van der Waals surface area (Å²) in [5.41, 5.74) is 4.21. The Bertz CT molecular complexity index is 987. The minimum atomic E-state index is -0.504. The summed E-state index contributed by atoms with van der Waals surface area (Å²) in [6, 6.07) is 36.3. The van der Waals surface area contributed by atoms with E-state index in [1.54, 1.807) is 6.20 Å². The van der Waals surface area contributed by atoms with Crippen molar-refractivity contribution in [3.63, 3.8) is 0 Å². The van der Waals surface area contributed by atoms with Crippen molar-refractivity contribution in [2.75, 3.05) is 6.61 Å². The number of nitrogens with one attached hydrogen (secondary N) is 1. The maximum Gasteiger partial charge on any atom is 0.0950 e. The quantitative estimate of drug-likeness (QED) is 0.300. The molecule has 0 saturated carbocycles. The van der Waals surface area contributed by atoms with Crippen molar-refractivity contribution in [3.8, 4) is 0 Å². The molecule has 168 valence electrons. The van der Waals surface area contributed by atoms with Crippen LogP contribution in [-0.4, -0.2) is 17.6 Å². The number of ether oxygens (including phenoxy) is 1. The first-order chi connectivity index (χ1) is 16.2. The summed E-state index contributed by atoms with van der Waals surface area (Å²) in [6.45, 7) is 5.64. The standard InChI is InChI=1S/C30H32N2O/c1-24(2)29(23-33-22-25-13-12-20-31-21-25)32-30(26-14-6-3-7-15-26,27-16-8-4-9-17-27)28-18-10-5-11-19-28/h3-21,24,29,32H,22-23H2,1-2H3/t29-/m1/s1. The predicted molar refractivity (Wildman–Crippen MR) is 135 cm³/mol. The van der Waals surface area contributed by atoms with Crippen LogP contribution in [0.25, 0.3) is 0 Å². The average Bonchev–Trinajstić information content (AvgIpc) is 2.88. The molecule has 0 aliphatic rings. The minimum Gasteiger partial charge on any atom is -0.375 e. The van der Waals surface area contributed by atoms with E-state index in [2.05, 4.69) is 115 Å². The Kier molecular flexibility index (Phi) is 7.66. The van der Waals surface area contributed by atoms with E-state index in [1.165, 1.54) is 16.7 Å². The van der Waals surface area contributed by atoms with E-state index in [1.807, 2.05) is 18.3 Å². The first-order valence-corrected chi connectivity index (χ1v) is 11.6. The Labute approximate surface area is 197 Å². The molecule has 33 heavy (non-hydrogen) atoms. The number of hydrogen-bond donors (Lipinski definition) is 1. The molecule has 1 atom stereocenters. The third kappa shape index (κ3) is 5.39. The second-order valence-electron chi connectivity index (χ2n) is 8.72. The fraction of sp³-hybridized carbons (Fsp3) is 0.233. The van der Waals surface area contributed by atoms with Gasteiger partial charge in [-0.25, -0.2) is 0 Å². The van der Waals surface area contributed by atoms with Crippen molar-refractivity contribution in [1.29, 1.82) is 0 Å². The molecule has 1 N–H and O–H groups in total. The molecular weight excluding hydrogens is 404 g/mol. The fourth-order valence-electron chi connectivity index (χ4n) is 4.28. The van der Waals surface area contributed by atoms with Crippen molar-refractivity contribution in [2.45, 2.75) is 32.0 Å². The van der Waals surface area contributed by atoms with Gasteiger partial charge in [0.1, 0.15) is 0 Å². The van der Waals surface area contributed by atoms with E-state index in [9.17, 15) is 0 Å². The van der Waals surface area contributed by atoms with Gasteiger partial charge < -0.3 is 4.74 Å². The highest BCUT2D eigenvalue weighted by Crippen LogP contribution is 2.37. The topological polar surface area (TPSA) is 34.1 Å². The van der Waals surface area contributed by atoms with Crippen molar-refractivity contribution in [1.82, 2.24) is 10.3 Å². The summed E-state index contributed by atoms with van der Waals surface area (Å²) in [5, 5.41) is 4.06. The van der Waals surface area contributed by atoms with Gasteiger partial charge in [0, 0.05) is 18.4 Å². The summed E-state index contributed by atoms with van der Waals surface area (Å²) < 4.78 is 6.19. The number of nitrogens with zero attached hydrogens (tertiary/aromatic N) is 1. The number of aromatic nitrogens is 1. The molecule has 4 rings (SSSR count). The Morgan fingerprint density at radius 2 is 1.24 bits per heavy atom. The average molecular weight is 437 g/mol. The number of rotatable bonds is 10. The van der Waals surface area contributed by atoms with Crippen LogP contribution in [0.3, 0.4) is 0 Å². The molecule has 4 aromatic rings. The van der Waals surface area contributed by atoms with Gasteiger partial charge in [0.15, 0.2) is 0 Å². The molecule has 0 aliphatic heterocycles. The first-order valence-electron chi connectivity index (χ1n) is 11.6. The minimum absolute atomic E-state index is 0.127. The Morgan fingerprint density at radius 1 is 0.727 bits per heavy atom. The van der Waals surface area contributed by atoms with Crippen molar-refractivity contribution in [3.05, 3.63) is 138 Å². The summed E-state index contributed by atoms with van der Waals surface area (Å²) in [5.74, 6) is 0.370. The van der Waals surface area contributed by atoms with Gasteiger partial charge in [-0.3, -0.25) is 10.3 Å². The van der Waals surface area contributed by atoms with Gasteiger partial charge >= 0.3 is 0 Å². The van der Waals surface area contributed by atoms with Crippen LogP contribution < -0.4 is 5.32 Å². The Morgan fingerprint density at radius 3 is 1.67 bits per heavy atom. The second kappa shape index (κ2) is 11.0. The molecule has 0 fully saturated rings. The van der Waals surface area contributed by atoms with E-state index in [0.717, 1.165) is 5.56 Å². The lowest BCUT2D eigenvalue weighted by Crippen LogP contribution is -2.53. The molecule has 0 saturated heterocycles. The zero-order valence-corrected chi connectivity index (χ0v) is 19.4. The summed E-state index contributed by atoms with van der Waals surface area (Å²) in [7, 11) is 0. The van der Waals surface area contributed by atoms with Crippen LogP contribution in [0.4, 0.5) is 0 Å². The lowest BCUT2D eigenvalue weighted by atomic mass is 9.76. The van der Waals surface area contributed by atoms with Gasteiger partial charge in [0.25, 0.3) is 0 Å². The van der Waals surface area contributed by atoms with Crippen molar-refractivity contribution < 1.29 is 4.74 Å². The van der Waals surface area contributed by atoms with Gasteiger partial charge in [0.2, 0.25) is 0 Å². The molecule has 1 aromatic heterocycles. The van der Waals surface area contributed by atoms with E-state index >= 15 is 0 Å². The first kappa shape index (κ1) is 22.9. The largest absolute Gasteiger partial charge is 0.375 e. The SMILES string of the molecule is CC(C)[C@@H](COCc1cccnc1)NC(c1ccccc1)(c1ccccc1)c1ccccc1. The Hall–Kier alpha value is -3.27. The van der Waals surface area contributed by atoms with Crippen molar-refractivity contribution >= 4 is 0 Å². The van der Waals surface area contributed by atoms with E-state index in [0.29, 0.717) is 19.1 Å². The van der Waals surface area contributed by atoms with Gasteiger partial charge in [-0.05, 0) is 34.2 Å². The summed E-state index contributed by atoms with van der Waals surface area (Å²) in [6.07, 6.45) is 3.65. The molecule has 0 spiro atoms. The second-order valence-corrected chi connectivity index (χ2v) is 8.72. The van der Waals surface area contributed by atoms with Gasteiger partial charge in [-0.15, -0.1) is 0 Å². The lowest BCUT2D eigenvalue weighted by Gasteiger charge is -2.41. The van der Waals surface area contributed by atoms with E-state index < -0.39 is 5.54 Å². The lowest BCUT2D eigenvalue weighted by molar-refractivity contribution is 0.0788. The third-order valence-electron chi connectivity index (χ3n) is 6.12. The molecule has 0 bridgehead atoms. The molecular formula is C30H32N2O. The van der Waals surface area contributed by atoms with Gasteiger partial charge in [0.05, 0.1) is 18.8 Å². The highest BCUT2D eigenvalue weighted by Gasteiger charge is 2.38. The fourth-order valence-corrected chi connectivity index (χ4v) is 4.28. The predicted octanol–water partition coefficient (Wildman–Crippen LogP) is 6.20. The molecule has 3 nitrogen and oxygen atoms in total. The van der Waals surface area contributed by atoms with Crippen LogP contribution in [0.15, 0.2) is 116 Å². The highest BCUT2D eigenvalue weighted by molar-refractivity contribution is 5.49. The van der Waals surface area contributed by atoms with E-state index in [4.69, 9.17) is 4.74 Å². The normalized spacial score (nSPS) is 12.6. The van der Waals surface area contributed by atoms with Crippen LogP contribution in [0.5, 0.6) is 0 Å². The highest BCUT2D eigenvalue weighted by atomic mass is 16.5. The van der Waals surface area contributed by atoms with Crippen LogP contribution in [0, 0.1) is 5.92 Å². The maximum absolute atomic E-state index is 6.19. The molecule has 0 radical (unpaired) electrons. The van der Waals surface area contributed by atoms with Crippen LogP contribution in [0.1, 0.15) is 36.1 Å². The van der Waals surface area contributed by atoms with Crippen molar-refractivity contribution in [2.24, 2.45) is 5.92 Å². The summed E-state index contributed by atoms with van der Waals surface area (Å²) >= 11 is 0. The maximum atomic E-state index is 6.19. The molecule has 0 unspecified atom stereocenters. The molecule has 3 aromatic carbocycles. The molecule has 1 heterocycles. The van der Waals surface area contributed by atoms with Gasteiger partial charge in [-0.1, -0.05) is 111 Å².